The summed E-state index contributed by atoms with van der Waals surface area (Å²) in [7, 11) is 0. The summed E-state index contributed by atoms with van der Waals surface area (Å²) in [6.07, 6.45) is -7.96. The van der Waals surface area contributed by atoms with Gasteiger partial charge in [-0.2, -0.15) is 26.3 Å². The lowest BCUT2D eigenvalue weighted by molar-refractivity contribution is -0.143. The molecule has 14 heteroatoms. The minimum absolute atomic E-state index is 0.0310. The normalized spacial score (nSPS) is 19.3. The molecule has 2 saturated heterocycles. The Balaban J connectivity index is 1.34. The van der Waals surface area contributed by atoms with Crippen LogP contribution in [0.15, 0.2) is 53.8 Å². The van der Waals surface area contributed by atoms with Gasteiger partial charge in [0.2, 0.25) is 0 Å². The first kappa shape index (κ1) is 32.8. The van der Waals surface area contributed by atoms with Gasteiger partial charge < -0.3 is 19.5 Å². The predicted molar refractivity (Wildman–Crippen MR) is 156 cm³/mol. The number of nitrogens with zero attached hydrogens (tertiary/aromatic N) is 4. The Morgan fingerprint density at radius 1 is 0.978 bits per heavy atom. The quantitative estimate of drug-likeness (QED) is 0.149. The van der Waals surface area contributed by atoms with E-state index in [9.17, 15) is 31.1 Å². The molecule has 3 aromatic rings. The largest absolute Gasteiger partial charge is 0.416 e. The Morgan fingerprint density at radius 3 is 2.36 bits per heavy atom. The number of ether oxygens (including phenoxy) is 1. The summed E-state index contributed by atoms with van der Waals surface area (Å²) in [4.78, 5) is 28.1. The van der Waals surface area contributed by atoms with Crippen LogP contribution in [0.1, 0.15) is 34.0 Å². The molecule has 1 atom stereocenters. The second-order valence-electron chi connectivity index (χ2n) is 11.4. The lowest BCUT2D eigenvalue weighted by Crippen LogP contribution is -2.56. The molecule has 45 heavy (non-hydrogen) atoms. The number of H-pyrrole nitrogens is 1. The van der Waals surface area contributed by atoms with Crippen LogP contribution in [-0.2, 0) is 28.3 Å². The van der Waals surface area contributed by atoms with Crippen molar-refractivity contribution in [3.05, 3.63) is 70.9 Å². The van der Waals surface area contributed by atoms with Gasteiger partial charge in [-0.05, 0) is 43.2 Å². The Labute approximate surface area is 256 Å². The minimum Gasteiger partial charge on any atom is -0.394 e. The number of carbonyl (C=O) groups excluding carboxylic acids is 1. The van der Waals surface area contributed by atoms with Crippen LogP contribution in [-0.4, -0.2) is 103 Å². The molecular weight excluding hydrogens is 604 g/mol. The van der Waals surface area contributed by atoms with Crippen LogP contribution in [0.4, 0.5) is 26.3 Å². The number of hydrogen-bond donors (Lipinski definition) is 1. The lowest BCUT2D eigenvalue weighted by Gasteiger charge is -2.41. The maximum Gasteiger partial charge on any atom is 0.416 e. The van der Waals surface area contributed by atoms with E-state index in [1.54, 1.807) is 0 Å². The number of aromatic amines is 1. The molecule has 5 rings (SSSR count). The van der Waals surface area contributed by atoms with Crippen molar-refractivity contribution in [2.24, 2.45) is 5.16 Å². The summed E-state index contributed by atoms with van der Waals surface area (Å²) in [5.41, 5.74) is -1.23. The number of amides is 1. The van der Waals surface area contributed by atoms with Crippen LogP contribution in [0.2, 0.25) is 0 Å². The van der Waals surface area contributed by atoms with E-state index in [-0.39, 0.29) is 12.6 Å². The third-order valence-electron chi connectivity index (χ3n) is 8.07. The van der Waals surface area contributed by atoms with Gasteiger partial charge in [0, 0.05) is 74.5 Å². The average molecular weight is 640 g/mol. The summed E-state index contributed by atoms with van der Waals surface area (Å²) < 4.78 is 86.7. The van der Waals surface area contributed by atoms with Crippen LogP contribution in [0.5, 0.6) is 0 Å². The molecule has 3 heterocycles. The lowest BCUT2D eigenvalue weighted by atomic mass is 9.98. The number of morpholine rings is 1. The third kappa shape index (κ3) is 8.35. The molecule has 0 bridgehead atoms. The van der Waals surface area contributed by atoms with E-state index in [0.29, 0.717) is 63.7 Å². The van der Waals surface area contributed by atoms with Crippen molar-refractivity contribution in [3.8, 4) is 0 Å². The van der Waals surface area contributed by atoms with Crippen molar-refractivity contribution < 1.29 is 40.7 Å². The van der Waals surface area contributed by atoms with Crippen molar-refractivity contribution in [2.45, 2.75) is 31.7 Å². The molecule has 0 unspecified atom stereocenters. The SMILES string of the molecule is C/C(CN1CCN(C(=O)c2cc(C(F)(F)F)cc(C(F)(F)F)c2)[C@H](Cc2c[nH]c3ccccc23)C1)=N/OCCN1CCOCC1. The molecule has 0 aliphatic carbocycles. The van der Waals surface area contributed by atoms with E-state index >= 15 is 0 Å². The Bertz CT molecular complexity index is 1470. The van der Waals surface area contributed by atoms with E-state index < -0.39 is 41.0 Å². The molecule has 0 spiro atoms. The third-order valence-corrected chi connectivity index (χ3v) is 8.07. The smallest absolute Gasteiger partial charge is 0.394 e. The van der Waals surface area contributed by atoms with Crippen LogP contribution < -0.4 is 0 Å². The number of carbonyl (C=O) groups is 1. The van der Waals surface area contributed by atoms with E-state index in [1.165, 1.54) is 4.90 Å². The van der Waals surface area contributed by atoms with E-state index in [2.05, 4.69) is 19.9 Å². The molecule has 2 aliphatic heterocycles. The number of para-hydroxylation sites is 1. The highest BCUT2D eigenvalue weighted by Crippen LogP contribution is 2.37. The van der Waals surface area contributed by atoms with Gasteiger partial charge in [0.15, 0.2) is 0 Å². The molecule has 0 saturated carbocycles. The Hall–Kier alpha value is -3.62. The van der Waals surface area contributed by atoms with Crippen LogP contribution >= 0.6 is 0 Å². The fraction of sp³-hybridized carbons (Fsp3) is 0.484. The summed E-state index contributed by atoms with van der Waals surface area (Å²) in [6.45, 7) is 7.22. The molecule has 1 aromatic heterocycles. The van der Waals surface area contributed by atoms with Crippen molar-refractivity contribution in [2.75, 3.05) is 65.6 Å². The Morgan fingerprint density at radius 2 is 1.67 bits per heavy atom. The molecule has 244 valence electrons. The van der Waals surface area contributed by atoms with Crippen LogP contribution in [0, 0.1) is 0 Å². The summed E-state index contributed by atoms with van der Waals surface area (Å²) >= 11 is 0. The maximum atomic E-state index is 13.7. The second kappa shape index (κ2) is 13.8. The van der Waals surface area contributed by atoms with Gasteiger partial charge in [0.05, 0.1) is 30.1 Å². The number of oxime groups is 1. The number of benzene rings is 2. The summed E-state index contributed by atoms with van der Waals surface area (Å²) in [5.74, 6) is -0.882. The molecule has 1 amide bonds. The van der Waals surface area contributed by atoms with Crippen molar-refractivity contribution in [1.82, 2.24) is 19.7 Å². The zero-order valence-electron chi connectivity index (χ0n) is 24.8. The van der Waals surface area contributed by atoms with Crippen LogP contribution in [0.3, 0.4) is 0 Å². The highest BCUT2D eigenvalue weighted by Gasteiger charge is 2.39. The van der Waals surface area contributed by atoms with Crippen molar-refractivity contribution in [3.63, 3.8) is 0 Å². The molecule has 2 aliphatic rings. The first-order valence-corrected chi connectivity index (χ1v) is 14.7. The fourth-order valence-corrected chi connectivity index (χ4v) is 5.81. The highest BCUT2D eigenvalue weighted by atomic mass is 19.4. The average Bonchev–Trinajstić information content (AvgIpc) is 3.41. The number of nitrogens with one attached hydrogen (secondary N) is 1. The first-order chi connectivity index (χ1) is 21.4. The molecule has 8 nitrogen and oxygen atoms in total. The highest BCUT2D eigenvalue weighted by molar-refractivity contribution is 5.95. The predicted octanol–water partition coefficient (Wildman–Crippen LogP) is 5.30. The number of fused-ring (bicyclic) bond motifs is 1. The Kier molecular flexibility index (Phi) is 10.0. The van der Waals surface area contributed by atoms with E-state index in [1.807, 2.05) is 37.4 Å². The van der Waals surface area contributed by atoms with Gasteiger partial charge in [-0.15, -0.1) is 0 Å². The van der Waals surface area contributed by atoms with Gasteiger partial charge in [-0.3, -0.25) is 14.6 Å². The number of piperazine rings is 1. The molecule has 2 aromatic carbocycles. The van der Waals surface area contributed by atoms with Crippen LogP contribution in [0.25, 0.3) is 10.9 Å². The molecular formula is C31H35F6N5O3. The topological polar surface area (TPSA) is 73.4 Å². The van der Waals surface area contributed by atoms with Gasteiger partial charge in [-0.1, -0.05) is 23.4 Å². The van der Waals surface area contributed by atoms with E-state index in [0.717, 1.165) is 36.1 Å². The monoisotopic (exact) mass is 639 g/mol. The van der Waals surface area contributed by atoms with Gasteiger partial charge in [0.25, 0.3) is 5.91 Å². The fourth-order valence-electron chi connectivity index (χ4n) is 5.81. The molecule has 0 radical (unpaired) electrons. The number of rotatable bonds is 9. The van der Waals surface area contributed by atoms with Gasteiger partial charge in [-0.25, -0.2) is 0 Å². The summed E-state index contributed by atoms with van der Waals surface area (Å²) in [6, 6.07) is 8.05. The maximum absolute atomic E-state index is 13.7. The molecule has 1 N–H and O–H groups in total. The first-order valence-electron chi connectivity index (χ1n) is 14.7. The number of aromatic nitrogens is 1. The van der Waals surface area contributed by atoms with Crippen molar-refractivity contribution >= 4 is 22.5 Å². The number of alkyl halides is 6. The number of hydrogen-bond acceptors (Lipinski definition) is 6. The number of halogens is 6. The van der Waals surface area contributed by atoms with Gasteiger partial charge in [0.1, 0.15) is 6.61 Å². The molecule has 2 fully saturated rings. The second-order valence-corrected chi connectivity index (χ2v) is 11.4. The van der Waals surface area contributed by atoms with E-state index in [4.69, 9.17) is 9.57 Å². The minimum atomic E-state index is -5.06. The standard InChI is InChI=1S/C31H35F6N5O3/c1-21(39-45-13-10-40-8-11-44-12-9-40)19-41-6-7-42(26(20-41)16-23-18-38-28-5-3-2-4-27(23)28)29(43)22-14-24(30(32,33)34)17-25(15-22)31(35,36)37/h2-5,14-15,17-18,26,38H,6-13,16,19-20H2,1H3/b39-21-/t26-/m1/s1. The van der Waals surface area contributed by atoms with Crippen molar-refractivity contribution in [1.29, 1.82) is 0 Å². The van der Waals surface area contributed by atoms with Gasteiger partial charge >= 0.3 is 12.4 Å². The zero-order valence-corrected chi connectivity index (χ0v) is 24.8. The zero-order chi connectivity index (χ0) is 32.2. The summed E-state index contributed by atoms with van der Waals surface area (Å²) in [5, 5.41) is 5.15.